The number of likely N-dealkylation sites (tertiary alicyclic amines) is 2. The Kier molecular flexibility index (Phi) is 5.18. The lowest BCUT2D eigenvalue weighted by Gasteiger charge is -2.34. The van der Waals surface area contributed by atoms with Crippen LogP contribution in [0.4, 0.5) is 0 Å². The summed E-state index contributed by atoms with van der Waals surface area (Å²) in [5.41, 5.74) is 1.62. The van der Waals surface area contributed by atoms with Crippen molar-refractivity contribution >= 4 is 28.6 Å². The highest BCUT2D eigenvalue weighted by Crippen LogP contribution is 2.30. The second-order valence-electron chi connectivity index (χ2n) is 7.78. The number of rotatable bonds is 3. The van der Waals surface area contributed by atoms with Gasteiger partial charge >= 0.3 is 0 Å². The zero-order valence-corrected chi connectivity index (χ0v) is 16.0. The van der Waals surface area contributed by atoms with E-state index in [4.69, 9.17) is 16.0 Å². The molecule has 3 heterocycles. The first-order valence-corrected chi connectivity index (χ1v) is 10.0. The third-order valence-electron chi connectivity index (χ3n) is 5.80. The predicted octanol–water partition coefficient (Wildman–Crippen LogP) is 3.92. The van der Waals surface area contributed by atoms with E-state index < -0.39 is 0 Å². The van der Waals surface area contributed by atoms with Crippen LogP contribution >= 0.6 is 11.6 Å². The van der Waals surface area contributed by atoms with Crippen molar-refractivity contribution in [3.63, 3.8) is 0 Å². The van der Waals surface area contributed by atoms with Gasteiger partial charge in [0.15, 0.2) is 11.5 Å². The topological polar surface area (TPSA) is 49.6 Å². The van der Waals surface area contributed by atoms with Gasteiger partial charge in [-0.15, -0.1) is 0 Å². The van der Waals surface area contributed by atoms with E-state index in [0.29, 0.717) is 17.5 Å². The maximum Gasteiger partial charge on any atom is 0.236 e. The van der Waals surface area contributed by atoms with Crippen molar-refractivity contribution in [2.75, 3.05) is 32.7 Å². The minimum atomic E-state index is 0.284. The Balaban J connectivity index is 1.31. The second-order valence-corrected chi connectivity index (χ2v) is 8.21. The molecule has 2 aliphatic heterocycles. The van der Waals surface area contributed by atoms with Crippen LogP contribution < -0.4 is 0 Å². The summed E-state index contributed by atoms with van der Waals surface area (Å²) in [5.74, 6) is 2.16. The van der Waals surface area contributed by atoms with Gasteiger partial charge in [-0.3, -0.25) is 9.69 Å². The molecule has 0 radical (unpaired) electrons. The van der Waals surface area contributed by atoms with Gasteiger partial charge in [-0.05, 0) is 62.9 Å². The van der Waals surface area contributed by atoms with E-state index in [1.165, 1.54) is 0 Å². The second kappa shape index (κ2) is 7.57. The van der Waals surface area contributed by atoms with Crippen LogP contribution in [0.5, 0.6) is 0 Å². The number of halogens is 1. The molecule has 1 aromatic carbocycles. The molecule has 0 bridgehead atoms. The summed E-state index contributed by atoms with van der Waals surface area (Å²) < 4.78 is 5.92. The first-order valence-electron chi connectivity index (χ1n) is 9.64. The number of oxazole rings is 1. The molecule has 1 amide bonds. The van der Waals surface area contributed by atoms with Crippen molar-refractivity contribution in [1.82, 2.24) is 14.8 Å². The van der Waals surface area contributed by atoms with Crippen molar-refractivity contribution in [3.8, 4) is 0 Å². The van der Waals surface area contributed by atoms with Gasteiger partial charge in [0.2, 0.25) is 5.91 Å². The van der Waals surface area contributed by atoms with Crippen molar-refractivity contribution < 1.29 is 9.21 Å². The number of hydrogen-bond donors (Lipinski definition) is 0. The van der Waals surface area contributed by atoms with Gasteiger partial charge in [0.1, 0.15) is 5.52 Å². The molecule has 2 fully saturated rings. The van der Waals surface area contributed by atoms with E-state index in [2.05, 4.69) is 16.8 Å². The van der Waals surface area contributed by atoms with Crippen LogP contribution in [0.3, 0.4) is 0 Å². The zero-order valence-electron chi connectivity index (χ0n) is 15.3. The van der Waals surface area contributed by atoms with E-state index in [1.807, 2.05) is 23.1 Å². The van der Waals surface area contributed by atoms with Crippen LogP contribution in [0.1, 0.15) is 44.4 Å². The van der Waals surface area contributed by atoms with E-state index in [-0.39, 0.29) is 5.91 Å². The van der Waals surface area contributed by atoms with Crippen LogP contribution in [-0.4, -0.2) is 53.4 Å². The Morgan fingerprint density at radius 2 is 1.92 bits per heavy atom. The smallest absolute Gasteiger partial charge is 0.236 e. The molecule has 2 saturated heterocycles. The number of aromatic nitrogens is 1. The van der Waals surface area contributed by atoms with Gasteiger partial charge in [-0.1, -0.05) is 18.5 Å². The van der Waals surface area contributed by atoms with Gasteiger partial charge in [-0.25, -0.2) is 4.98 Å². The van der Waals surface area contributed by atoms with E-state index in [1.54, 1.807) is 0 Å². The fraction of sp³-hybridized carbons (Fsp3) is 0.600. The standard InChI is InChI=1S/C20H26ClN3O2/c1-14-4-10-24(11-5-14)19(25)13-23-8-6-15(7-9-23)20-22-17-12-16(21)2-3-18(17)26-20/h2-3,12,14-15H,4-11,13H2,1H3. The number of piperidine rings is 2. The third-order valence-corrected chi connectivity index (χ3v) is 6.03. The number of carbonyl (C=O) groups excluding carboxylic acids is 1. The van der Waals surface area contributed by atoms with Gasteiger partial charge < -0.3 is 9.32 Å². The molecule has 0 spiro atoms. The van der Waals surface area contributed by atoms with Crippen LogP contribution in [0, 0.1) is 5.92 Å². The largest absolute Gasteiger partial charge is 0.440 e. The SMILES string of the molecule is CC1CCN(C(=O)CN2CCC(c3nc4cc(Cl)ccc4o3)CC2)CC1. The van der Waals surface area contributed by atoms with E-state index in [0.717, 1.165) is 74.8 Å². The number of amides is 1. The van der Waals surface area contributed by atoms with Gasteiger partial charge in [-0.2, -0.15) is 0 Å². The van der Waals surface area contributed by atoms with Crippen molar-refractivity contribution in [1.29, 1.82) is 0 Å². The Bertz CT molecular complexity index is 774. The normalized spacial score (nSPS) is 20.8. The molecular formula is C20H26ClN3O2. The fourth-order valence-electron chi connectivity index (χ4n) is 3.98. The molecule has 0 aliphatic carbocycles. The highest BCUT2D eigenvalue weighted by atomic mass is 35.5. The zero-order chi connectivity index (χ0) is 18.1. The van der Waals surface area contributed by atoms with Crippen molar-refractivity contribution in [2.45, 2.75) is 38.5 Å². The van der Waals surface area contributed by atoms with Crippen molar-refractivity contribution in [3.05, 3.63) is 29.1 Å². The molecule has 0 N–H and O–H groups in total. The summed E-state index contributed by atoms with van der Waals surface area (Å²) in [6.07, 6.45) is 4.22. The Hall–Kier alpha value is -1.59. The number of carbonyl (C=O) groups is 1. The quantitative estimate of drug-likeness (QED) is 0.815. The molecule has 4 rings (SSSR count). The lowest BCUT2D eigenvalue weighted by molar-refractivity contribution is -0.134. The number of benzene rings is 1. The van der Waals surface area contributed by atoms with Gasteiger partial charge in [0.05, 0.1) is 6.54 Å². The Morgan fingerprint density at radius 3 is 2.65 bits per heavy atom. The molecule has 2 aliphatic rings. The van der Waals surface area contributed by atoms with Crippen LogP contribution in [-0.2, 0) is 4.79 Å². The maximum absolute atomic E-state index is 12.5. The summed E-state index contributed by atoms with van der Waals surface area (Å²) in [5, 5.41) is 0.679. The molecule has 0 saturated carbocycles. The Labute approximate surface area is 159 Å². The highest BCUT2D eigenvalue weighted by molar-refractivity contribution is 6.31. The molecule has 0 unspecified atom stereocenters. The van der Waals surface area contributed by atoms with E-state index in [9.17, 15) is 4.79 Å². The summed E-state index contributed by atoms with van der Waals surface area (Å²) in [6, 6.07) is 5.55. The summed E-state index contributed by atoms with van der Waals surface area (Å²) in [4.78, 5) is 21.4. The molecule has 0 atom stereocenters. The van der Waals surface area contributed by atoms with Crippen molar-refractivity contribution in [2.24, 2.45) is 5.92 Å². The molecular weight excluding hydrogens is 350 g/mol. The summed E-state index contributed by atoms with van der Waals surface area (Å²) >= 11 is 6.03. The van der Waals surface area contributed by atoms with Crippen LogP contribution in [0.2, 0.25) is 5.02 Å². The average Bonchev–Trinajstić information content (AvgIpc) is 3.06. The third kappa shape index (κ3) is 3.89. The predicted molar refractivity (Wildman–Crippen MR) is 102 cm³/mol. The summed E-state index contributed by atoms with van der Waals surface area (Å²) in [7, 11) is 0. The highest BCUT2D eigenvalue weighted by Gasteiger charge is 2.27. The first-order chi connectivity index (χ1) is 12.6. The summed E-state index contributed by atoms with van der Waals surface area (Å²) in [6.45, 7) is 6.49. The monoisotopic (exact) mass is 375 g/mol. The maximum atomic E-state index is 12.5. The molecule has 1 aromatic heterocycles. The lowest BCUT2D eigenvalue weighted by Crippen LogP contribution is -2.45. The fourth-order valence-corrected chi connectivity index (χ4v) is 4.15. The average molecular weight is 376 g/mol. The van der Waals surface area contributed by atoms with Gasteiger partial charge in [0, 0.05) is 24.0 Å². The molecule has 5 nitrogen and oxygen atoms in total. The number of nitrogens with zero attached hydrogens (tertiary/aromatic N) is 3. The molecule has 140 valence electrons. The molecule has 26 heavy (non-hydrogen) atoms. The minimum absolute atomic E-state index is 0.284. The number of hydrogen-bond acceptors (Lipinski definition) is 4. The molecule has 6 heteroatoms. The molecule has 2 aromatic rings. The number of fused-ring (bicyclic) bond motifs is 1. The minimum Gasteiger partial charge on any atom is -0.440 e. The Morgan fingerprint density at radius 1 is 1.19 bits per heavy atom. The lowest BCUT2D eigenvalue weighted by atomic mass is 9.96. The van der Waals surface area contributed by atoms with Crippen LogP contribution in [0.25, 0.3) is 11.1 Å². The van der Waals surface area contributed by atoms with Gasteiger partial charge in [0.25, 0.3) is 0 Å². The van der Waals surface area contributed by atoms with Crippen LogP contribution in [0.15, 0.2) is 22.6 Å². The van der Waals surface area contributed by atoms with E-state index >= 15 is 0 Å². The first kappa shape index (κ1) is 17.8.